The zero-order chi connectivity index (χ0) is 12.1. The lowest BCUT2D eigenvalue weighted by Gasteiger charge is -2.17. The SMILES string of the molecule is CCNC(C#N)CCN1Cc2ccccc2C1. The number of rotatable bonds is 5. The summed E-state index contributed by atoms with van der Waals surface area (Å²) in [7, 11) is 0. The van der Waals surface area contributed by atoms with Gasteiger partial charge in [0.05, 0.1) is 12.1 Å². The first kappa shape index (κ1) is 12.1. The Labute approximate surface area is 103 Å². The average Bonchev–Trinajstić information content (AvgIpc) is 2.77. The van der Waals surface area contributed by atoms with Crippen LogP contribution in [0.3, 0.4) is 0 Å². The van der Waals surface area contributed by atoms with Crippen molar-refractivity contribution in [3.05, 3.63) is 35.4 Å². The lowest BCUT2D eigenvalue weighted by molar-refractivity contribution is 0.272. The molecule has 0 saturated heterocycles. The predicted molar refractivity (Wildman–Crippen MR) is 68.3 cm³/mol. The van der Waals surface area contributed by atoms with Gasteiger partial charge in [0, 0.05) is 19.6 Å². The average molecular weight is 229 g/mol. The quantitative estimate of drug-likeness (QED) is 0.838. The van der Waals surface area contributed by atoms with E-state index in [1.54, 1.807) is 0 Å². The van der Waals surface area contributed by atoms with Crippen LogP contribution >= 0.6 is 0 Å². The Morgan fingerprint density at radius 2 is 2.00 bits per heavy atom. The molecule has 0 spiro atoms. The Bertz CT molecular complexity index is 383. The highest BCUT2D eigenvalue weighted by Gasteiger charge is 2.18. The molecule has 0 fully saturated rings. The molecule has 1 aliphatic rings. The van der Waals surface area contributed by atoms with Crippen LogP contribution in [0, 0.1) is 11.3 Å². The summed E-state index contributed by atoms with van der Waals surface area (Å²) >= 11 is 0. The van der Waals surface area contributed by atoms with Gasteiger partial charge in [-0.2, -0.15) is 5.26 Å². The van der Waals surface area contributed by atoms with Gasteiger partial charge in [-0.1, -0.05) is 31.2 Å². The summed E-state index contributed by atoms with van der Waals surface area (Å²) in [6.07, 6.45) is 0.901. The summed E-state index contributed by atoms with van der Waals surface area (Å²) in [6, 6.07) is 10.9. The molecule has 0 radical (unpaired) electrons. The van der Waals surface area contributed by atoms with Gasteiger partial charge in [0.1, 0.15) is 0 Å². The number of nitriles is 1. The molecule has 0 aliphatic carbocycles. The number of benzene rings is 1. The van der Waals surface area contributed by atoms with Crippen molar-refractivity contribution >= 4 is 0 Å². The standard InChI is InChI=1S/C14H19N3/c1-2-16-14(9-15)7-8-17-10-12-5-3-4-6-13(12)11-17/h3-6,14,16H,2,7-8,10-11H2,1H3. The molecule has 90 valence electrons. The van der Waals surface area contributed by atoms with E-state index in [0.717, 1.165) is 32.6 Å². The van der Waals surface area contributed by atoms with Crippen molar-refractivity contribution in [2.45, 2.75) is 32.5 Å². The van der Waals surface area contributed by atoms with Crippen molar-refractivity contribution in [1.82, 2.24) is 10.2 Å². The van der Waals surface area contributed by atoms with Crippen LogP contribution in [0.15, 0.2) is 24.3 Å². The summed E-state index contributed by atoms with van der Waals surface area (Å²) in [5.41, 5.74) is 2.87. The number of nitrogens with zero attached hydrogens (tertiary/aromatic N) is 2. The molecule has 1 heterocycles. The highest BCUT2D eigenvalue weighted by Crippen LogP contribution is 2.22. The number of hydrogen-bond donors (Lipinski definition) is 1. The highest BCUT2D eigenvalue weighted by molar-refractivity contribution is 5.30. The number of hydrogen-bond acceptors (Lipinski definition) is 3. The van der Waals surface area contributed by atoms with E-state index in [0.29, 0.717) is 0 Å². The first-order valence-electron chi connectivity index (χ1n) is 6.25. The van der Waals surface area contributed by atoms with E-state index in [2.05, 4.69) is 40.6 Å². The van der Waals surface area contributed by atoms with Crippen molar-refractivity contribution < 1.29 is 0 Å². The fraction of sp³-hybridized carbons (Fsp3) is 0.500. The third-order valence-electron chi connectivity index (χ3n) is 3.25. The molecule has 0 aromatic heterocycles. The smallest absolute Gasteiger partial charge is 0.0965 e. The zero-order valence-corrected chi connectivity index (χ0v) is 10.3. The van der Waals surface area contributed by atoms with Crippen molar-refractivity contribution in [2.75, 3.05) is 13.1 Å². The molecular formula is C14H19N3. The molecule has 2 rings (SSSR count). The molecule has 1 aromatic carbocycles. The zero-order valence-electron chi connectivity index (χ0n) is 10.3. The minimum Gasteiger partial charge on any atom is -0.302 e. The second-order valence-corrected chi connectivity index (χ2v) is 4.51. The van der Waals surface area contributed by atoms with Gasteiger partial charge in [0.15, 0.2) is 0 Å². The van der Waals surface area contributed by atoms with E-state index in [-0.39, 0.29) is 6.04 Å². The molecule has 3 nitrogen and oxygen atoms in total. The van der Waals surface area contributed by atoms with Gasteiger partial charge in [-0.05, 0) is 24.1 Å². The Morgan fingerprint density at radius 3 is 2.53 bits per heavy atom. The maximum atomic E-state index is 8.97. The minimum absolute atomic E-state index is 0.0105. The highest BCUT2D eigenvalue weighted by atomic mass is 15.1. The van der Waals surface area contributed by atoms with E-state index in [9.17, 15) is 0 Å². The Balaban J connectivity index is 1.82. The fourth-order valence-corrected chi connectivity index (χ4v) is 2.33. The molecule has 3 heteroatoms. The van der Waals surface area contributed by atoms with Crippen LogP contribution in [-0.4, -0.2) is 24.0 Å². The number of fused-ring (bicyclic) bond motifs is 1. The maximum absolute atomic E-state index is 8.97. The summed E-state index contributed by atoms with van der Waals surface area (Å²) in [4.78, 5) is 2.41. The van der Waals surface area contributed by atoms with E-state index in [4.69, 9.17) is 5.26 Å². The molecule has 1 aliphatic heterocycles. The van der Waals surface area contributed by atoms with Gasteiger partial charge in [-0.3, -0.25) is 4.90 Å². The topological polar surface area (TPSA) is 39.1 Å². The van der Waals surface area contributed by atoms with Crippen molar-refractivity contribution in [3.63, 3.8) is 0 Å². The first-order valence-corrected chi connectivity index (χ1v) is 6.25. The second-order valence-electron chi connectivity index (χ2n) is 4.51. The molecule has 0 amide bonds. The summed E-state index contributed by atoms with van der Waals surface area (Å²) in [5.74, 6) is 0. The lowest BCUT2D eigenvalue weighted by Crippen LogP contribution is -2.31. The van der Waals surface area contributed by atoms with Crippen LogP contribution in [0.5, 0.6) is 0 Å². The Kier molecular flexibility index (Phi) is 4.13. The van der Waals surface area contributed by atoms with Crippen molar-refractivity contribution in [3.8, 4) is 6.07 Å². The normalized spacial score (nSPS) is 16.5. The fourth-order valence-electron chi connectivity index (χ4n) is 2.33. The third kappa shape index (κ3) is 3.06. The molecule has 1 unspecified atom stereocenters. The molecular weight excluding hydrogens is 210 g/mol. The first-order chi connectivity index (χ1) is 8.33. The largest absolute Gasteiger partial charge is 0.302 e. The second kappa shape index (κ2) is 5.81. The summed E-state index contributed by atoms with van der Waals surface area (Å²) in [5, 5.41) is 12.2. The number of nitrogens with one attached hydrogen (secondary N) is 1. The predicted octanol–water partition coefficient (Wildman–Crippen LogP) is 1.89. The van der Waals surface area contributed by atoms with E-state index in [1.165, 1.54) is 11.1 Å². The molecule has 0 saturated carbocycles. The van der Waals surface area contributed by atoms with Crippen LogP contribution in [0.25, 0.3) is 0 Å². The summed E-state index contributed by atoms with van der Waals surface area (Å²) in [6.45, 7) is 5.94. The van der Waals surface area contributed by atoms with Gasteiger partial charge in [0.25, 0.3) is 0 Å². The lowest BCUT2D eigenvalue weighted by atomic mass is 10.1. The third-order valence-corrected chi connectivity index (χ3v) is 3.25. The Morgan fingerprint density at radius 1 is 1.35 bits per heavy atom. The van der Waals surface area contributed by atoms with Crippen LogP contribution in [-0.2, 0) is 13.1 Å². The van der Waals surface area contributed by atoms with Crippen molar-refractivity contribution in [1.29, 1.82) is 5.26 Å². The molecule has 1 aromatic rings. The van der Waals surface area contributed by atoms with E-state index in [1.807, 2.05) is 6.92 Å². The van der Waals surface area contributed by atoms with Crippen molar-refractivity contribution in [2.24, 2.45) is 0 Å². The van der Waals surface area contributed by atoms with Gasteiger partial charge in [-0.15, -0.1) is 0 Å². The molecule has 0 bridgehead atoms. The van der Waals surface area contributed by atoms with E-state index < -0.39 is 0 Å². The van der Waals surface area contributed by atoms with Crippen LogP contribution in [0.1, 0.15) is 24.5 Å². The molecule has 1 atom stereocenters. The monoisotopic (exact) mass is 229 g/mol. The summed E-state index contributed by atoms with van der Waals surface area (Å²) < 4.78 is 0. The van der Waals surface area contributed by atoms with Gasteiger partial charge in [-0.25, -0.2) is 0 Å². The van der Waals surface area contributed by atoms with Gasteiger partial charge < -0.3 is 5.32 Å². The minimum atomic E-state index is -0.0105. The molecule has 17 heavy (non-hydrogen) atoms. The van der Waals surface area contributed by atoms with Crippen LogP contribution in [0.2, 0.25) is 0 Å². The maximum Gasteiger partial charge on any atom is 0.0965 e. The molecule has 1 N–H and O–H groups in total. The van der Waals surface area contributed by atoms with Crippen LogP contribution < -0.4 is 5.32 Å². The Hall–Kier alpha value is -1.37. The van der Waals surface area contributed by atoms with Gasteiger partial charge in [0.2, 0.25) is 0 Å². The van der Waals surface area contributed by atoms with Crippen LogP contribution in [0.4, 0.5) is 0 Å². The van der Waals surface area contributed by atoms with E-state index >= 15 is 0 Å². The van der Waals surface area contributed by atoms with Gasteiger partial charge >= 0.3 is 0 Å².